The third kappa shape index (κ3) is 4.25. The Hall–Kier alpha value is -5.63. The highest BCUT2D eigenvalue weighted by atomic mass is 16.3. The van der Waals surface area contributed by atoms with Gasteiger partial charge in [-0.15, -0.1) is 0 Å². The van der Waals surface area contributed by atoms with Crippen molar-refractivity contribution in [1.29, 1.82) is 0 Å². The first-order valence-corrected chi connectivity index (χ1v) is 16.2. The molecule has 2 saturated heterocycles. The molecule has 6 atom stereocenters. The molecule has 2 heterocycles. The van der Waals surface area contributed by atoms with Crippen LogP contribution in [0, 0.1) is 29.1 Å². The second kappa shape index (κ2) is 11.0. The highest BCUT2D eigenvalue weighted by Crippen LogP contribution is 2.63. The molecule has 1 N–H and O–H groups in total. The van der Waals surface area contributed by atoms with Gasteiger partial charge in [0.2, 0.25) is 23.6 Å². The molecule has 0 radical (unpaired) electrons. The van der Waals surface area contributed by atoms with E-state index >= 15 is 0 Å². The topological polar surface area (TPSA) is 112 Å². The molecule has 3 fully saturated rings. The highest BCUT2D eigenvalue weighted by Gasteiger charge is 2.67. The molecule has 8 rings (SSSR count). The van der Waals surface area contributed by atoms with Crippen LogP contribution in [0.5, 0.6) is 5.75 Å². The van der Waals surface area contributed by atoms with Gasteiger partial charge in [-0.05, 0) is 79.8 Å². The largest absolute Gasteiger partial charge is 0.508 e. The zero-order valence-corrected chi connectivity index (χ0v) is 26.2. The third-order valence-corrected chi connectivity index (χ3v) is 10.9. The van der Waals surface area contributed by atoms with Crippen molar-refractivity contribution in [2.45, 2.75) is 25.7 Å². The van der Waals surface area contributed by atoms with Crippen molar-refractivity contribution in [3.63, 3.8) is 0 Å². The summed E-state index contributed by atoms with van der Waals surface area (Å²) in [7, 11) is 0. The van der Waals surface area contributed by atoms with Gasteiger partial charge in [-0.1, -0.05) is 72.3 Å². The van der Waals surface area contributed by atoms with E-state index < -0.39 is 35.0 Å². The Bertz CT molecular complexity index is 2040. The molecular formula is C40H32N2O6. The van der Waals surface area contributed by atoms with Crippen LogP contribution in [0.3, 0.4) is 0 Å². The van der Waals surface area contributed by atoms with Crippen molar-refractivity contribution in [3.05, 3.63) is 138 Å². The molecule has 238 valence electrons. The molecule has 2 aliphatic heterocycles. The number of aromatic hydroxyl groups is 1. The monoisotopic (exact) mass is 636 g/mol. The van der Waals surface area contributed by atoms with E-state index in [1.54, 1.807) is 91.0 Å². The number of ketones is 1. The number of carbonyl (C=O) groups is 5. The van der Waals surface area contributed by atoms with Gasteiger partial charge in [-0.25, -0.2) is 4.90 Å². The van der Waals surface area contributed by atoms with Crippen LogP contribution in [0.25, 0.3) is 0 Å². The third-order valence-electron chi connectivity index (χ3n) is 10.9. The molecule has 8 nitrogen and oxygen atoms in total. The number of para-hydroxylation sites is 1. The molecule has 0 bridgehead atoms. The van der Waals surface area contributed by atoms with Crippen LogP contribution >= 0.6 is 0 Å². The molecule has 4 aromatic rings. The van der Waals surface area contributed by atoms with Gasteiger partial charge < -0.3 is 5.11 Å². The summed E-state index contributed by atoms with van der Waals surface area (Å²) in [4.78, 5) is 72.4. The Morgan fingerprint density at radius 3 is 2.04 bits per heavy atom. The van der Waals surface area contributed by atoms with Crippen LogP contribution in [0.4, 0.5) is 11.4 Å². The number of hydrogen-bond donors (Lipinski definition) is 1. The van der Waals surface area contributed by atoms with E-state index in [-0.39, 0.29) is 41.6 Å². The number of carbonyl (C=O) groups excluding carboxylic acids is 5. The number of phenols is 1. The quantitative estimate of drug-likeness (QED) is 0.162. The Balaban J connectivity index is 1.17. The lowest BCUT2D eigenvalue weighted by molar-refractivity contribution is -0.131. The number of benzene rings is 4. The molecule has 4 aromatic carbocycles. The predicted octanol–water partition coefficient (Wildman–Crippen LogP) is 6.06. The van der Waals surface area contributed by atoms with Crippen LogP contribution in [0.2, 0.25) is 0 Å². The van der Waals surface area contributed by atoms with E-state index in [0.717, 1.165) is 5.57 Å². The van der Waals surface area contributed by atoms with Crippen LogP contribution in [0.15, 0.2) is 121 Å². The number of allylic oxidation sites excluding steroid dienone is 2. The first-order valence-electron chi connectivity index (χ1n) is 16.2. The second-order valence-corrected chi connectivity index (χ2v) is 13.3. The Kier molecular flexibility index (Phi) is 6.80. The van der Waals surface area contributed by atoms with Gasteiger partial charge in [0.1, 0.15) is 5.75 Å². The minimum absolute atomic E-state index is 0.0354. The SMILES string of the molecule is CC12C(=O)N(c3ccccc3)C(=O)C1CC1C(=CCC3C(=O)N(c4ccc(C(=O)c5ccccc5)cc4)C(=O)C31)C2c1cccc(O)c1. The number of rotatable bonds is 5. The van der Waals surface area contributed by atoms with E-state index in [1.807, 2.05) is 31.2 Å². The van der Waals surface area contributed by atoms with Crippen LogP contribution in [0.1, 0.15) is 47.2 Å². The van der Waals surface area contributed by atoms with Gasteiger partial charge in [-0.2, -0.15) is 0 Å². The zero-order chi connectivity index (χ0) is 33.3. The summed E-state index contributed by atoms with van der Waals surface area (Å²) in [6, 6.07) is 31.0. The van der Waals surface area contributed by atoms with Crippen LogP contribution < -0.4 is 9.80 Å². The highest BCUT2D eigenvalue weighted by molar-refractivity contribution is 6.25. The first-order chi connectivity index (χ1) is 23.2. The number of fused-ring (bicyclic) bond motifs is 4. The van der Waals surface area contributed by atoms with Crippen molar-refractivity contribution in [3.8, 4) is 5.75 Å². The van der Waals surface area contributed by atoms with Gasteiger partial charge in [0.15, 0.2) is 5.78 Å². The van der Waals surface area contributed by atoms with Gasteiger partial charge in [0, 0.05) is 17.0 Å². The molecule has 48 heavy (non-hydrogen) atoms. The van der Waals surface area contributed by atoms with Crippen molar-refractivity contribution in [2.24, 2.45) is 29.1 Å². The molecule has 6 unspecified atom stereocenters. The van der Waals surface area contributed by atoms with E-state index in [4.69, 9.17) is 0 Å². The number of hydrogen-bond acceptors (Lipinski definition) is 6. The standard InChI is InChI=1S/C40H32N2O6/c1-40-32(37(46)42(39(40)48)26-12-6-3-7-13-26)22-31-29(34(40)25-11-8-14-28(43)21-25)19-20-30-33(31)38(47)41(36(30)45)27-17-15-24(16-18-27)35(44)23-9-4-2-5-10-23/h2-19,21,30-34,43H,20,22H2,1H3. The van der Waals surface area contributed by atoms with Crippen molar-refractivity contribution < 1.29 is 29.1 Å². The van der Waals surface area contributed by atoms with Crippen molar-refractivity contribution >= 4 is 40.8 Å². The summed E-state index contributed by atoms with van der Waals surface area (Å²) in [5, 5.41) is 10.5. The molecule has 0 aromatic heterocycles. The number of phenolic OH excluding ortho intramolecular Hbond substituents is 1. The van der Waals surface area contributed by atoms with Crippen LogP contribution in [-0.4, -0.2) is 34.5 Å². The van der Waals surface area contributed by atoms with E-state index in [2.05, 4.69) is 0 Å². The summed E-state index contributed by atoms with van der Waals surface area (Å²) < 4.78 is 0. The molecular weight excluding hydrogens is 604 g/mol. The summed E-state index contributed by atoms with van der Waals surface area (Å²) in [5.74, 6) is -4.60. The molecule has 4 aliphatic rings. The normalized spacial score (nSPS) is 27.8. The van der Waals surface area contributed by atoms with Gasteiger partial charge in [-0.3, -0.25) is 28.9 Å². The summed E-state index contributed by atoms with van der Waals surface area (Å²) in [6.07, 6.45) is 2.54. The summed E-state index contributed by atoms with van der Waals surface area (Å²) in [5.41, 5.74) is 2.21. The van der Waals surface area contributed by atoms with Crippen LogP contribution in [-0.2, 0) is 19.2 Å². The lowest BCUT2D eigenvalue weighted by Crippen LogP contribution is -2.48. The van der Waals surface area contributed by atoms with Gasteiger partial charge >= 0.3 is 0 Å². The maximum absolute atomic E-state index is 14.4. The minimum Gasteiger partial charge on any atom is -0.508 e. The zero-order valence-electron chi connectivity index (χ0n) is 26.2. The fraction of sp³-hybridized carbons (Fsp3) is 0.225. The lowest BCUT2D eigenvalue weighted by atomic mass is 9.51. The first kappa shape index (κ1) is 29.8. The average molecular weight is 637 g/mol. The van der Waals surface area contributed by atoms with E-state index in [0.29, 0.717) is 34.5 Å². The molecule has 8 heteroatoms. The second-order valence-electron chi connectivity index (χ2n) is 13.3. The van der Waals surface area contributed by atoms with E-state index in [9.17, 15) is 29.1 Å². The number of imide groups is 2. The Labute approximate surface area is 277 Å². The molecule has 4 amide bonds. The van der Waals surface area contributed by atoms with Gasteiger partial charge in [0.25, 0.3) is 0 Å². The van der Waals surface area contributed by atoms with Crippen molar-refractivity contribution in [1.82, 2.24) is 0 Å². The molecule has 1 saturated carbocycles. The molecule has 2 aliphatic carbocycles. The maximum Gasteiger partial charge on any atom is 0.241 e. The molecule has 0 spiro atoms. The predicted molar refractivity (Wildman–Crippen MR) is 178 cm³/mol. The lowest BCUT2D eigenvalue weighted by Gasteiger charge is -2.49. The fourth-order valence-electron chi connectivity index (χ4n) is 8.70. The Morgan fingerprint density at radius 2 is 1.35 bits per heavy atom. The average Bonchev–Trinajstić information content (AvgIpc) is 3.48. The minimum atomic E-state index is -1.18. The Morgan fingerprint density at radius 1 is 0.708 bits per heavy atom. The summed E-state index contributed by atoms with van der Waals surface area (Å²) >= 11 is 0. The number of amides is 4. The van der Waals surface area contributed by atoms with Crippen molar-refractivity contribution in [2.75, 3.05) is 9.80 Å². The van der Waals surface area contributed by atoms with E-state index in [1.165, 1.54) is 9.80 Å². The smallest absolute Gasteiger partial charge is 0.241 e. The summed E-state index contributed by atoms with van der Waals surface area (Å²) in [6.45, 7) is 1.82. The van der Waals surface area contributed by atoms with Gasteiger partial charge in [0.05, 0.1) is 34.5 Å². The maximum atomic E-state index is 14.4. The number of nitrogens with zero attached hydrogens (tertiary/aromatic N) is 2. The fourth-order valence-corrected chi connectivity index (χ4v) is 8.70. The number of anilines is 2.